The van der Waals surface area contributed by atoms with E-state index in [9.17, 15) is 0 Å². The van der Waals surface area contributed by atoms with E-state index in [1.807, 2.05) is 18.2 Å². The lowest BCUT2D eigenvalue weighted by atomic mass is 9.83. The fraction of sp³-hybridized carbons (Fsp3) is 0.381. The zero-order chi connectivity index (χ0) is 17.9. The van der Waals surface area contributed by atoms with Crippen molar-refractivity contribution >= 4 is 23.0 Å². The Bertz CT molecular complexity index is 738. The van der Waals surface area contributed by atoms with Gasteiger partial charge in [0.1, 0.15) is 11.4 Å². The molecule has 132 valence electrons. The van der Waals surface area contributed by atoms with Crippen LogP contribution >= 0.6 is 12.2 Å². The second-order valence-corrected chi connectivity index (χ2v) is 7.16. The smallest absolute Gasteiger partial charge is 0.171 e. The van der Waals surface area contributed by atoms with Crippen molar-refractivity contribution in [1.29, 1.82) is 0 Å². The quantitative estimate of drug-likeness (QED) is 0.724. The van der Waals surface area contributed by atoms with Gasteiger partial charge in [-0.1, -0.05) is 49.7 Å². The van der Waals surface area contributed by atoms with Crippen LogP contribution in [0.25, 0.3) is 0 Å². The number of ether oxygens (including phenoxy) is 1. The second kappa shape index (κ2) is 7.44. The molecule has 3 rings (SSSR count). The third-order valence-electron chi connectivity index (χ3n) is 5.10. The molecule has 2 aromatic rings. The first-order chi connectivity index (χ1) is 12.0. The van der Waals surface area contributed by atoms with Crippen LogP contribution < -0.4 is 15.4 Å². The number of rotatable bonds is 4. The molecule has 0 saturated carbocycles. The molecule has 0 aliphatic carbocycles. The fourth-order valence-electron chi connectivity index (χ4n) is 3.39. The summed E-state index contributed by atoms with van der Waals surface area (Å²) >= 11 is 5.56. The standard InChI is InChI=1S/C21H26N2OS/c1-4-21(5-2)14-18(17-8-6-7-9-19(17)24-21)23-20(25)22-16-12-10-15(3)11-13-16/h6-13,18H,4-5,14H2,1-3H3,(H2,22,23,25)/t18-/m1/s1. The van der Waals surface area contributed by atoms with Gasteiger partial charge in [0.15, 0.2) is 5.11 Å². The number of nitrogens with one attached hydrogen (secondary N) is 2. The largest absolute Gasteiger partial charge is 0.487 e. The summed E-state index contributed by atoms with van der Waals surface area (Å²) in [5, 5.41) is 7.44. The number of fused-ring (bicyclic) bond motifs is 1. The maximum Gasteiger partial charge on any atom is 0.171 e. The highest BCUT2D eigenvalue weighted by Gasteiger charge is 2.38. The molecule has 0 bridgehead atoms. The van der Waals surface area contributed by atoms with Gasteiger partial charge >= 0.3 is 0 Å². The Morgan fingerprint density at radius 1 is 1.12 bits per heavy atom. The summed E-state index contributed by atoms with van der Waals surface area (Å²) in [4.78, 5) is 0. The Balaban J connectivity index is 1.78. The fourth-order valence-corrected chi connectivity index (χ4v) is 3.65. The third-order valence-corrected chi connectivity index (χ3v) is 5.32. The first-order valence-electron chi connectivity index (χ1n) is 8.97. The van der Waals surface area contributed by atoms with Crippen molar-refractivity contribution in [3.8, 4) is 5.75 Å². The van der Waals surface area contributed by atoms with Crippen molar-refractivity contribution in [2.24, 2.45) is 0 Å². The van der Waals surface area contributed by atoms with Crippen LogP contribution in [0.5, 0.6) is 5.75 Å². The van der Waals surface area contributed by atoms with Crippen molar-refractivity contribution in [3.63, 3.8) is 0 Å². The molecule has 25 heavy (non-hydrogen) atoms. The summed E-state index contributed by atoms with van der Waals surface area (Å²) in [5.74, 6) is 0.966. The van der Waals surface area contributed by atoms with E-state index in [0.29, 0.717) is 5.11 Å². The average Bonchev–Trinajstić information content (AvgIpc) is 2.63. The van der Waals surface area contributed by atoms with Crippen LogP contribution in [0.3, 0.4) is 0 Å². The minimum atomic E-state index is -0.133. The SMILES string of the molecule is CCC1(CC)C[C@@H](NC(=S)Nc2ccc(C)cc2)c2ccccc2O1. The van der Waals surface area contributed by atoms with Crippen LogP contribution in [-0.4, -0.2) is 10.7 Å². The summed E-state index contributed by atoms with van der Waals surface area (Å²) in [6.45, 7) is 6.46. The maximum absolute atomic E-state index is 6.36. The van der Waals surface area contributed by atoms with E-state index >= 15 is 0 Å². The zero-order valence-electron chi connectivity index (χ0n) is 15.1. The predicted octanol–water partition coefficient (Wildman–Crippen LogP) is 5.36. The Kier molecular flexibility index (Phi) is 5.28. The van der Waals surface area contributed by atoms with Crippen molar-refractivity contribution in [2.75, 3.05) is 5.32 Å². The molecule has 3 nitrogen and oxygen atoms in total. The van der Waals surface area contributed by atoms with Gasteiger partial charge in [-0.2, -0.15) is 0 Å². The molecule has 0 fully saturated rings. The Morgan fingerprint density at radius 3 is 2.48 bits per heavy atom. The van der Waals surface area contributed by atoms with E-state index in [-0.39, 0.29) is 11.6 Å². The zero-order valence-corrected chi connectivity index (χ0v) is 16.0. The molecule has 2 N–H and O–H groups in total. The van der Waals surface area contributed by atoms with Gasteiger partial charge in [0.2, 0.25) is 0 Å². The van der Waals surface area contributed by atoms with Crippen LogP contribution in [0.15, 0.2) is 48.5 Å². The minimum absolute atomic E-state index is 0.133. The van der Waals surface area contributed by atoms with Crippen LogP contribution in [0.4, 0.5) is 5.69 Å². The summed E-state index contributed by atoms with van der Waals surface area (Å²) < 4.78 is 6.36. The molecule has 0 spiro atoms. The molecule has 2 aromatic carbocycles. The molecule has 0 saturated heterocycles. The van der Waals surface area contributed by atoms with Crippen LogP contribution in [0.2, 0.25) is 0 Å². The number of para-hydroxylation sites is 1. The second-order valence-electron chi connectivity index (χ2n) is 6.75. The lowest BCUT2D eigenvalue weighted by Gasteiger charge is -2.42. The lowest BCUT2D eigenvalue weighted by Crippen LogP contribution is -2.45. The number of hydrogen-bond acceptors (Lipinski definition) is 2. The first kappa shape index (κ1) is 17.7. The average molecular weight is 355 g/mol. The predicted molar refractivity (Wildman–Crippen MR) is 108 cm³/mol. The summed E-state index contributed by atoms with van der Waals surface area (Å²) in [5.41, 5.74) is 3.28. The lowest BCUT2D eigenvalue weighted by molar-refractivity contribution is 0.0256. The van der Waals surface area contributed by atoms with Crippen molar-refractivity contribution in [2.45, 2.75) is 51.7 Å². The van der Waals surface area contributed by atoms with Gasteiger partial charge in [0.25, 0.3) is 0 Å². The monoisotopic (exact) mass is 354 g/mol. The van der Waals surface area contributed by atoms with Crippen molar-refractivity contribution < 1.29 is 4.74 Å². The Morgan fingerprint density at radius 2 is 1.80 bits per heavy atom. The van der Waals surface area contributed by atoms with Crippen molar-refractivity contribution in [1.82, 2.24) is 5.32 Å². The molecule has 1 heterocycles. The minimum Gasteiger partial charge on any atom is -0.487 e. The Hall–Kier alpha value is -2.07. The summed E-state index contributed by atoms with van der Waals surface area (Å²) in [6, 6.07) is 16.7. The van der Waals surface area contributed by atoms with Gasteiger partial charge in [-0.05, 0) is 50.2 Å². The van der Waals surface area contributed by atoms with Gasteiger partial charge in [0, 0.05) is 17.7 Å². The van der Waals surface area contributed by atoms with E-state index in [1.54, 1.807) is 0 Å². The van der Waals surface area contributed by atoms with E-state index in [0.717, 1.165) is 30.7 Å². The van der Waals surface area contributed by atoms with E-state index in [1.165, 1.54) is 11.1 Å². The molecule has 1 aliphatic heterocycles. The highest BCUT2D eigenvalue weighted by atomic mass is 32.1. The number of thiocarbonyl (C=S) groups is 1. The van der Waals surface area contributed by atoms with Gasteiger partial charge < -0.3 is 15.4 Å². The van der Waals surface area contributed by atoms with Gasteiger partial charge in [-0.15, -0.1) is 0 Å². The molecule has 0 unspecified atom stereocenters. The van der Waals surface area contributed by atoms with E-state index in [2.05, 4.69) is 61.7 Å². The highest BCUT2D eigenvalue weighted by Crippen LogP contribution is 2.42. The van der Waals surface area contributed by atoms with Gasteiger partial charge in [-0.25, -0.2) is 0 Å². The van der Waals surface area contributed by atoms with Crippen LogP contribution in [0, 0.1) is 6.92 Å². The molecule has 0 aromatic heterocycles. The molecular weight excluding hydrogens is 328 g/mol. The van der Waals surface area contributed by atoms with Gasteiger partial charge in [-0.3, -0.25) is 0 Å². The first-order valence-corrected chi connectivity index (χ1v) is 9.38. The topological polar surface area (TPSA) is 33.3 Å². The van der Waals surface area contributed by atoms with E-state index in [4.69, 9.17) is 17.0 Å². The highest BCUT2D eigenvalue weighted by molar-refractivity contribution is 7.80. The van der Waals surface area contributed by atoms with Crippen molar-refractivity contribution in [3.05, 3.63) is 59.7 Å². The molecule has 0 radical (unpaired) electrons. The number of benzene rings is 2. The number of anilines is 1. The number of hydrogen-bond donors (Lipinski definition) is 2. The molecular formula is C21H26N2OS. The molecule has 1 atom stereocenters. The van der Waals surface area contributed by atoms with Crippen LogP contribution in [-0.2, 0) is 0 Å². The normalized spacial score (nSPS) is 18.0. The van der Waals surface area contributed by atoms with Gasteiger partial charge in [0.05, 0.1) is 6.04 Å². The molecule has 4 heteroatoms. The van der Waals surface area contributed by atoms with E-state index < -0.39 is 0 Å². The molecule has 0 amide bonds. The number of aryl methyl sites for hydroxylation is 1. The Labute approximate surface area is 155 Å². The van der Waals surface area contributed by atoms with Crippen LogP contribution in [0.1, 0.15) is 50.3 Å². The third kappa shape index (κ3) is 3.96. The molecule has 1 aliphatic rings. The maximum atomic E-state index is 6.36. The summed E-state index contributed by atoms with van der Waals surface area (Å²) in [6.07, 6.45) is 2.87. The summed E-state index contributed by atoms with van der Waals surface area (Å²) in [7, 11) is 0.